The summed E-state index contributed by atoms with van der Waals surface area (Å²) in [7, 11) is -3.66. The fraction of sp³-hybridized carbons (Fsp3) is 0.440. The number of sulfonamides is 1. The molecule has 0 spiro atoms. The first-order chi connectivity index (χ1) is 16.1. The minimum absolute atomic E-state index is 0.0611. The maximum absolute atomic E-state index is 13.2. The zero-order valence-corrected chi connectivity index (χ0v) is 21.3. The summed E-state index contributed by atoms with van der Waals surface area (Å²) in [5, 5.41) is 6.38. The average molecular weight is 506 g/mol. The number of halogens is 1. The van der Waals surface area contributed by atoms with Crippen LogP contribution in [0.1, 0.15) is 44.0 Å². The molecule has 1 aliphatic rings. The number of nitrogens with one attached hydrogen (secondary N) is 2. The van der Waals surface area contributed by atoms with Gasteiger partial charge in [0.2, 0.25) is 15.9 Å². The Morgan fingerprint density at radius 3 is 2.09 bits per heavy atom. The summed E-state index contributed by atoms with van der Waals surface area (Å²) in [5.41, 5.74) is 0.472. The van der Waals surface area contributed by atoms with Crippen LogP contribution in [0.3, 0.4) is 0 Å². The van der Waals surface area contributed by atoms with Crippen LogP contribution < -0.4 is 10.6 Å². The molecule has 2 aromatic rings. The normalized spacial score (nSPS) is 17.2. The van der Waals surface area contributed by atoms with Crippen molar-refractivity contribution in [1.29, 1.82) is 0 Å². The van der Waals surface area contributed by atoms with Crippen molar-refractivity contribution < 1.29 is 18.0 Å². The highest BCUT2D eigenvalue weighted by molar-refractivity contribution is 7.89. The van der Waals surface area contributed by atoms with Crippen LogP contribution in [0.2, 0.25) is 5.02 Å². The van der Waals surface area contributed by atoms with Gasteiger partial charge in [-0.3, -0.25) is 9.59 Å². The fourth-order valence-electron chi connectivity index (χ4n) is 3.90. The van der Waals surface area contributed by atoms with Gasteiger partial charge < -0.3 is 10.6 Å². The number of amides is 2. The van der Waals surface area contributed by atoms with Gasteiger partial charge in [-0.1, -0.05) is 43.6 Å². The summed E-state index contributed by atoms with van der Waals surface area (Å²) < 4.78 is 27.5. The zero-order chi connectivity index (χ0) is 24.9. The molecule has 2 amide bonds. The minimum atomic E-state index is -3.66. The number of nitrogens with zero attached hydrogens (tertiary/aromatic N) is 1. The fourth-order valence-corrected chi connectivity index (χ4v) is 5.49. The van der Waals surface area contributed by atoms with Crippen molar-refractivity contribution in [2.75, 3.05) is 13.1 Å². The van der Waals surface area contributed by atoms with Crippen molar-refractivity contribution in [3.63, 3.8) is 0 Å². The number of hydrogen-bond acceptors (Lipinski definition) is 4. The lowest BCUT2D eigenvalue weighted by molar-refractivity contribution is -0.125. The summed E-state index contributed by atoms with van der Waals surface area (Å²) in [6.45, 7) is 6.49. The molecule has 0 radical (unpaired) electrons. The maximum atomic E-state index is 13.2. The van der Waals surface area contributed by atoms with Gasteiger partial charge >= 0.3 is 0 Å². The lowest BCUT2D eigenvalue weighted by Crippen LogP contribution is -2.55. The second kappa shape index (κ2) is 11.3. The van der Waals surface area contributed by atoms with E-state index in [0.29, 0.717) is 23.4 Å². The van der Waals surface area contributed by atoms with Crippen molar-refractivity contribution in [3.8, 4) is 0 Å². The monoisotopic (exact) mass is 505 g/mol. The summed E-state index contributed by atoms with van der Waals surface area (Å²) >= 11 is 5.89. The third-order valence-corrected chi connectivity index (χ3v) is 8.56. The highest BCUT2D eigenvalue weighted by atomic mass is 35.5. The van der Waals surface area contributed by atoms with Crippen LogP contribution in [0.4, 0.5) is 0 Å². The molecule has 2 atom stereocenters. The molecule has 7 nitrogen and oxygen atoms in total. The van der Waals surface area contributed by atoms with Crippen LogP contribution in [0.15, 0.2) is 59.5 Å². The molecule has 1 heterocycles. The molecule has 1 fully saturated rings. The number of benzene rings is 2. The van der Waals surface area contributed by atoms with E-state index in [0.717, 1.165) is 0 Å². The molecule has 0 saturated carbocycles. The molecule has 9 heteroatoms. The first-order valence-electron chi connectivity index (χ1n) is 11.5. The summed E-state index contributed by atoms with van der Waals surface area (Å²) in [6, 6.07) is 14.0. The van der Waals surface area contributed by atoms with Gasteiger partial charge in [0, 0.05) is 29.7 Å². The Labute approximate surface area is 206 Å². The zero-order valence-electron chi connectivity index (χ0n) is 19.7. The highest BCUT2D eigenvalue weighted by Gasteiger charge is 2.36. The van der Waals surface area contributed by atoms with Gasteiger partial charge in [-0.25, -0.2) is 8.42 Å². The largest absolute Gasteiger partial charge is 0.352 e. The maximum Gasteiger partial charge on any atom is 0.251 e. The van der Waals surface area contributed by atoms with Gasteiger partial charge in [-0.05, 0) is 68.0 Å². The van der Waals surface area contributed by atoms with Crippen LogP contribution in [0.25, 0.3) is 0 Å². The molecule has 3 rings (SSSR count). The van der Waals surface area contributed by atoms with E-state index in [1.807, 2.05) is 26.8 Å². The molecule has 2 N–H and O–H groups in total. The Morgan fingerprint density at radius 2 is 1.53 bits per heavy atom. The van der Waals surface area contributed by atoms with Gasteiger partial charge in [0.15, 0.2) is 0 Å². The van der Waals surface area contributed by atoms with Crippen molar-refractivity contribution in [2.45, 2.75) is 50.6 Å². The molecule has 0 aliphatic carbocycles. The number of hydrogen-bond donors (Lipinski definition) is 2. The van der Waals surface area contributed by atoms with Crippen molar-refractivity contribution in [3.05, 3.63) is 65.2 Å². The SMILES string of the molecule is CC(C)[C@H](C)NC(=O)[C@H](NC(=O)c1ccccc1)C1CCN(S(=O)(=O)c2ccc(Cl)cc2)CC1. The van der Waals surface area contributed by atoms with E-state index in [1.165, 1.54) is 16.4 Å². The van der Waals surface area contributed by atoms with E-state index in [4.69, 9.17) is 11.6 Å². The van der Waals surface area contributed by atoms with Crippen molar-refractivity contribution >= 4 is 33.4 Å². The molecular weight excluding hydrogens is 474 g/mol. The molecule has 184 valence electrons. The number of carbonyl (C=O) groups excluding carboxylic acids is 2. The van der Waals surface area contributed by atoms with Crippen LogP contribution in [0, 0.1) is 11.8 Å². The van der Waals surface area contributed by atoms with Crippen molar-refractivity contribution in [1.82, 2.24) is 14.9 Å². The van der Waals surface area contributed by atoms with Crippen LogP contribution in [-0.4, -0.2) is 49.7 Å². The first kappa shape index (κ1) is 26.2. The Morgan fingerprint density at radius 1 is 0.941 bits per heavy atom. The number of rotatable bonds is 8. The quantitative estimate of drug-likeness (QED) is 0.571. The Bertz CT molecular complexity index is 1080. The summed E-state index contributed by atoms with van der Waals surface area (Å²) in [6.07, 6.45) is 0.909. The molecule has 0 aromatic heterocycles. The second-order valence-corrected chi connectivity index (χ2v) is 11.4. The number of piperidine rings is 1. The van der Waals surface area contributed by atoms with Crippen LogP contribution in [-0.2, 0) is 14.8 Å². The van der Waals surface area contributed by atoms with E-state index in [-0.39, 0.29) is 47.7 Å². The Hall–Kier alpha value is -2.42. The summed E-state index contributed by atoms with van der Waals surface area (Å²) in [4.78, 5) is 26.2. The lowest BCUT2D eigenvalue weighted by Gasteiger charge is -2.35. The standard InChI is InChI=1S/C25H32ClN3O4S/c1-17(2)18(3)27-25(31)23(28-24(30)20-7-5-4-6-8-20)19-13-15-29(16-14-19)34(32,33)22-11-9-21(26)10-12-22/h4-12,17-19,23H,13-16H2,1-3H3,(H,27,31)(H,28,30)/t18-,23+/m0/s1. The van der Waals surface area contributed by atoms with Gasteiger partial charge in [0.05, 0.1) is 4.90 Å². The van der Waals surface area contributed by atoms with E-state index in [9.17, 15) is 18.0 Å². The molecule has 34 heavy (non-hydrogen) atoms. The molecule has 1 saturated heterocycles. The van der Waals surface area contributed by atoms with Gasteiger partial charge in [-0.2, -0.15) is 4.31 Å². The second-order valence-electron chi connectivity index (χ2n) is 9.05. The molecule has 0 unspecified atom stereocenters. The summed E-state index contributed by atoms with van der Waals surface area (Å²) in [5.74, 6) is -0.525. The van der Waals surface area contributed by atoms with Crippen molar-refractivity contribution in [2.24, 2.45) is 11.8 Å². The Balaban J connectivity index is 1.74. The van der Waals surface area contributed by atoms with E-state index in [1.54, 1.807) is 36.4 Å². The predicted octanol–water partition coefficient (Wildman–Crippen LogP) is 3.70. The molecular formula is C25H32ClN3O4S. The third kappa shape index (κ3) is 6.37. The topological polar surface area (TPSA) is 95.6 Å². The van der Waals surface area contributed by atoms with E-state index in [2.05, 4.69) is 10.6 Å². The molecule has 2 aromatic carbocycles. The smallest absolute Gasteiger partial charge is 0.251 e. The molecule has 1 aliphatic heterocycles. The Kier molecular flexibility index (Phi) is 8.73. The average Bonchev–Trinajstić information content (AvgIpc) is 2.83. The lowest BCUT2D eigenvalue weighted by atomic mass is 9.89. The minimum Gasteiger partial charge on any atom is -0.352 e. The van der Waals surface area contributed by atoms with Gasteiger partial charge in [0.1, 0.15) is 6.04 Å². The van der Waals surface area contributed by atoms with Gasteiger partial charge in [0.25, 0.3) is 5.91 Å². The van der Waals surface area contributed by atoms with E-state index >= 15 is 0 Å². The van der Waals surface area contributed by atoms with Gasteiger partial charge in [-0.15, -0.1) is 0 Å². The van der Waals surface area contributed by atoms with Crippen LogP contribution in [0.5, 0.6) is 0 Å². The highest BCUT2D eigenvalue weighted by Crippen LogP contribution is 2.27. The number of carbonyl (C=O) groups is 2. The van der Waals surface area contributed by atoms with Crippen LogP contribution >= 0.6 is 11.6 Å². The molecule has 0 bridgehead atoms. The van der Waals surface area contributed by atoms with E-state index < -0.39 is 16.1 Å². The first-order valence-corrected chi connectivity index (χ1v) is 13.3. The third-order valence-electron chi connectivity index (χ3n) is 6.40. The predicted molar refractivity (Wildman–Crippen MR) is 133 cm³/mol.